The predicted molar refractivity (Wildman–Crippen MR) is 32.6 cm³/mol. The molecule has 0 heterocycles. The molecule has 0 saturated carbocycles. The minimum atomic E-state index is 0. The van der Waals surface area contributed by atoms with Gasteiger partial charge in [-0.3, -0.25) is 0 Å². The third-order valence-electron chi connectivity index (χ3n) is 0.167. The van der Waals surface area contributed by atoms with Crippen molar-refractivity contribution in [1.82, 2.24) is 0 Å². The Morgan fingerprint density at radius 2 is 0.889 bits per heavy atom. The van der Waals surface area contributed by atoms with Gasteiger partial charge in [0.15, 0.2) is 0 Å². The van der Waals surface area contributed by atoms with E-state index in [1.165, 1.54) is 0 Å². The van der Waals surface area contributed by atoms with Crippen LogP contribution in [0.4, 0.5) is 0 Å². The molecule has 0 saturated heterocycles. The van der Waals surface area contributed by atoms with Gasteiger partial charge in [0.1, 0.15) is 0 Å². The molecule has 67 valence electrons. The molecular formula is C2H10Cl4CuN2. The Bertz CT molecular complexity index is 18.5. The fraction of sp³-hybridized carbons (Fsp3) is 1.00. The van der Waals surface area contributed by atoms with Crippen LogP contribution in [-0.4, -0.2) is 13.1 Å². The average molecular weight is 267 g/mol. The summed E-state index contributed by atoms with van der Waals surface area (Å²) in [6, 6.07) is 0. The maximum Gasteiger partial charge on any atom is 2.00 e. The molecule has 0 aliphatic heterocycles. The zero-order valence-electron chi connectivity index (χ0n) is 4.44. The largest absolute Gasteiger partial charge is 2.00 e. The first-order valence-corrected chi connectivity index (χ1v) is 1.32. The minimum Gasteiger partial charge on any atom is -1.00 e. The molecule has 0 unspecified atom stereocenters. The molecule has 0 aliphatic rings. The summed E-state index contributed by atoms with van der Waals surface area (Å²) in [5.74, 6) is 0. The maximum atomic E-state index is 4.90. The number of rotatable bonds is 1. The predicted octanol–water partition coefficient (Wildman–Crippen LogP) is -6.25. The summed E-state index contributed by atoms with van der Waals surface area (Å²) < 4.78 is 0. The quantitative estimate of drug-likeness (QED) is 0.465. The summed E-state index contributed by atoms with van der Waals surface area (Å²) in [5, 5.41) is 0. The van der Waals surface area contributed by atoms with Gasteiger partial charge in [-0.1, -0.05) is 0 Å². The van der Waals surface area contributed by atoms with E-state index in [1.54, 1.807) is 0 Å². The summed E-state index contributed by atoms with van der Waals surface area (Å²) in [6.07, 6.45) is 0. The van der Waals surface area contributed by atoms with Crippen LogP contribution in [0.5, 0.6) is 0 Å². The smallest absolute Gasteiger partial charge is 1.00 e. The van der Waals surface area contributed by atoms with Crippen molar-refractivity contribution >= 4 is 24.8 Å². The summed E-state index contributed by atoms with van der Waals surface area (Å²) in [6.45, 7) is 1.19. The summed E-state index contributed by atoms with van der Waals surface area (Å²) >= 11 is 0. The normalized spacial score (nSPS) is 3.33. The van der Waals surface area contributed by atoms with Crippen molar-refractivity contribution < 1.29 is 41.9 Å². The number of hydrogen-bond acceptors (Lipinski definition) is 2. The van der Waals surface area contributed by atoms with Crippen molar-refractivity contribution in [3.8, 4) is 0 Å². The molecule has 0 amide bonds. The van der Waals surface area contributed by atoms with Crippen LogP contribution < -0.4 is 36.3 Å². The van der Waals surface area contributed by atoms with Crippen molar-refractivity contribution in [2.45, 2.75) is 0 Å². The second kappa shape index (κ2) is 54.8. The Hall–Kier alpha value is 1.60. The zero-order valence-corrected chi connectivity index (χ0v) is 8.53. The first-order valence-electron chi connectivity index (χ1n) is 1.32. The fourth-order valence-electron chi connectivity index (χ4n) is 0. The van der Waals surface area contributed by atoms with Crippen molar-refractivity contribution in [3.63, 3.8) is 0 Å². The molecule has 2 nitrogen and oxygen atoms in total. The molecule has 9 heavy (non-hydrogen) atoms. The van der Waals surface area contributed by atoms with E-state index < -0.39 is 0 Å². The van der Waals surface area contributed by atoms with Crippen LogP contribution in [0.3, 0.4) is 0 Å². The van der Waals surface area contributed by atoms with E-state index in [4.69, 9.17) is 11.5 Å². The molecule has 0 atom stereocenters. The SMILES string of the molecule is Cl.Cl.NCCN.[Cl-].[Cl-].[Cu+2]. The van der Waals surface area contributed by atoms with Gasteiger partial charge >= 0.3 is 17.1 Å². The van der Waals surface area contributed by atoms with E-state index in [9.17, 15) is 0 Å². The monoisotopic (exact) mass is 265 g/mol. The van der Waals surface area contributed by atoms with E-state index in [1.807, 2.05) is 0 Å². The van der Waals surface area contributed by atoms with E-state index in [2.05, 4.69) is 0 Å². The molecule has 0 aromatic rings. The Kier molecular flexibility index (Phi) is 281. The van der Waals surface area contributed by atoms with Crippen molar-refractivity contribution in [1.29, 1.82) is 0 Å². The molecule has 0 aromatic heterocycles. The van der Waals surface area contributed by atoms with Crippen molar-refractivity contribution in [3.05, 3.63) is 0 Å². The Morgan fingerprint density at radius 3 is 0.889 bits per heavy atom. The molecule has 0 spiro atoms. The van der Waals surface area contributed by atoms with Gasteiger partial charge in [0.05, 0.1) is 0 Å². The summed E-state index contributed by atoms with van der Waals surface area (Å²) in [5.41, 5.74) is 9.81. The second-order valence-electron chi connectivity index (χ2n) is 0.577. The first-order chi connectivity index (χ1) is 1.91. The van der Waals surface area contributed by atoms with Gasteiger partial charge in [-0.25, -0.2) is 0 Å². The molecule has 0 fully saturated rings. The van der Waals surface area contributed by atoms with Crippen LogP contribution in [0, 0.1) is 0 Å². The summed E-state index contributed by atoms with van der Waals surface area (Å²) in [7, 11) is 0. The van der Waals surface area contributed by atoms with Gasteiger partial charge < -0.3 is 36.3 Å². The Morgan fingerprint density at radius 1 is 0.778 bits per heavy atom. The molecule has 4 N–H and O–H groups in total. The fourth-order valence-corrected chi connectivity index (χ4v) is 0. The molecule has 7 heteroatoms. The average Bonchev–Trinajstić information content (AvgIpc) is 1.37. The third kappa shape index (κ3) is 82.0. The maximum absolute atomic E-state index is 4.90. The van der Waals surface area contributed by atoms with Crippen LogP contribution in [0.25, 0.3) is 0 Å². The minimum absolute atomic E-state index is 0. The van der Waals surface area contributed by atoms with Gasteiger partial charge in [0.25, 0.3) is 0 Å². The molecule has 0 aliphatic carbocycles. The van der Waals surface area contributed by atoms with Gasteiger partial charge in [-0.05, 0) is 0 Å². The molecule has 0 rings (SSSR count). The number of hydrogen-bond donors (Lipinski definition) is 2. The Labute approximate surface area is 91.0 Å². The van der Waals surface area contributed by atoms with Gasteiger partial charge in [-0.2, -0.15) is 0 Å². The van der Waals surface area contributed by atoms with Gasteiger partial charge in [0.2, 0.25) is 0 Å². The van der Waals surface area contributed by atoms with Crippen LogP contribution in [-0.2, 0) is 17.1 Å². The van der Waals surface area contributed by atoms with Crippen molar-refractivity contribution in [2.75, 3.05) is 13.1 Å². The van der Waals surface area contributed by atoms with Crippen LogP contribution >= 0.6 is 24.8 Å². The number of halogens is 4. The van der Waals surface area contributed by atoms with Crippen LogP contribution in [0.2, 0.25) is 0 Å². The van der Waals surface area contributed by atoms with Crippen LogP contribution in [0.15, 0.2) is 0 Å². The van der Waals surface area contributed by atoms with Gasteiger partial charge in [-0.15, -0.1) is 24.8 Å². The zero-order chi connectivity index (χ0) is 3.41. The van der Waals surface area contributed by atoms with E-state index in [0.717, 1.165) is 0 Å². The van der Waals surface area contributed by atoms with E-state index in [0.29, 0.717) is 13.1 Å². The van der Waals surface area contributed by atoms with Crippen molar-refractivity contribution in [2.24, 2.45) is 11.5 Å². The summed E-state index contributed by atoms with van der Waals surface area (Å²) in [4.78, 5) is 0. The molecule has 0 aromatic carbocycles. The Balaban J connectivity index is -0.00000000450. The topological polar surface area (TPSA) is 52.0 Å². The number of nitrogens with two attached hydrogens (primary N) is 2. The standard InChI is InChI=1S/C2H8N2.4ClH.Cu/c3-1-2-4;;;;;/h1-4H2;4*1H;/q;;;;;+2/p-2. The van der Waals surface area contributed by atoms with Crippen LogP contribution in [0.1, 0.15) is 0 Å². The molecular weight excluding hydrogens is 257 g/mol. The van der Waals surface area contributed by atoms with Gasteiger partial charge in [0, 0.05) is 13.1 Å². The molecule has 0 bridgehead atoms. The van der Waals surface area contributed by atoms with E-state index >= 15 is 0 Å². The second-order valence-corrected chi connectivity index (χ2v) is 0.577. The molecule has 1 radical (unpaired) electrons. The first kappa shape index (κ1) is 46.2. The van der Waals surface area contributed by atoms with E-state index in [-0.39, 0.29) is 66.7 Å². The third-order valence-corrected chi connectivity index (χ3v) is 0.167.